The molecule has 0 rings (SSSR count). The first-order valence-corrected chi connectivity index (χ1v) is 33.8. The van der Waals surface area contributed by atoms with E-state index >= 15 is 0 Å². The van der Waals surface area contributed by atoms with E-state index in [4.69, 9.17) is 14.2 Å². The van der Waals surface area contributed by atoms with Crippen molar-refractivity contribution in [3.05, 3.63) is 60.8 Å². The van der Waals surface area contributed by atoms with Crippen LogP contribution in [0.4, 0.5) is 0 Å². The van der Waals surface area contributed by atoms with E-state index in [9.17, 15) is 14.4 Å². The molecule has 0 amide bonds. The normalized spacial score (nSPS) is 12.4. The Bertz CT molecular complexity index is 1380. The highest BCUT2D eigenvalue weighted by molar-refractivity contribution is 5.71. The maximum absolute atomic E-state index is 12.9. The van der Waals surface area contributed by atoms with Crippen molar-refractivity contribution in [3.8, 4) is 0 Å². The summed E-state index contributed by atoms with van der Waals surface area (Å²) in [7, 11) is 0. The molecular weight excluding hydrogens is 949 g/mol. The second-order valence-corrected chi connectivity index (χ2v) is 22.7. The molecule has 0 fully saturated rings. The van der Waals surface area contributed by atoms with Crippen LogP contribution < -0.4 is 0 Å². The highest BCUT2D eigenvalue weighted by Gasteiger charge is 2.19. The predicted molar refractivity (Wildman–Crippen MR) is 335 cm³/mol. The van der Waals surface area contributed by atoms with Gasteiger partial charge in [-0.15, -0.1) is 0 Å². The molecular formula is C71H128O6. The van der Waals surface area contributed by atoms with Crippen molar-refractivity contribution >= 4 is 17.9 Å². The van der Waals surface area contributed by atoms with E-state index < -0.39 is 6.10 Å². The molecule has 0 saturated heterocycles. The minimum atomic E-state index is -0.767. The third-order valence-electron chi connectivity index (χ3n) is 15.0. The highest BCUT2D eigenvalue weighted by atomic mass is 16.6. The summed E-state index contributed by atoms with van der Waals surface area (Å²) in [4.78, 5) is 38.2. The van der Waals surface area contributed by atoms with Gasteiger partial charge >= 0.3 is 17.9 Å². The van der Waals surface area contributed by atoms with Gasteiger partial charge in [-0.05, 0) is 64.2 Å². The lowest BCUT2D eigenvalue weighted by molar-refractivity contribution is -0.167. The van der Waals surface area contributed by atoms with Crippen LogP contribution in [0.1, 0.15) is 355 Å². The van der Waals surface area contributed by atoms with E-state index in [0.29, 0.717) is 19.3 Å². The van der Waals surface area contributed by atoms with Gasteiger partial charge in [0.05, 0.1) is 0 Å². The van der Waals surface area contributed by atoms with Gasteiger partial charge in [-0.2, -0.15) is 0 Å². The lowest BCUT2D eigenvalue weighted by Crippen LogP contribution is -2.30. The number of ether oxygens (including phenoxy) is 3. The molecule has 6 nitrogen and oxygen atoms in total. The SMILES string of the molecule is CC/C=C\C/C=C\C/C=C\C/C=C\C/C=C\CCCCCCCCCCCCCCCCCCCC(=O)OCC(COC(=O)CCCCCCCCCC)OC(=O)CCCCCCCCCCCCCCCCCCCC. The van der Waals surface area contributed by atoms with Gasteiger partial charge < -0.3 is 14.2 Å². The van der Waals surface area contributed by atoms with Crippen LogP contribution in [0.15, 0.2) is 60.8 Å². The maximum Gasteiger partial charge on any atom is 0.306 e. The number of hydrogen-bond acceptors (Lipinski definition) is 6. The van der Waals surface area contributed by atoms with Gasteiger partial charge in [0.2, 0.25) is 0 Å². The second-order valence-electron chi connectivity index (χ2n) is 22.7. The molecule has 0 aliphatic heterocycles. The molecule has 1 unspecified atom stereocenters. The molecule has 0 N–H and O–H groups in total. The number of allylic oxidation sites excluding steroid dienone is 10. The second kappa shape index (κ2) is 65.6. The monoisotopic (exact) mass is 1080 g/mol. The van der Waals surface area contributed by atoms with Gasteiger partial charge in [0, 0.05) is 19.3 Å². The van der Waals surface area contributed by atoms with E-state index in [0.717, 1.165) is 89.9 Å². The molecule has 0 aliphatic carbocycles. The fourth-order valence-corrected chi connectivity index (χ4v) is 10.0. The Hall–Kier alpha value is -2.89. The first kappa shape index (κ1) is 74.1. The van der Waals surface area contributed by atoms with Gasteiger partial charge in [-0.3, -0.25) is 14.4 Å². The van der Waals surface area contributed by atoms with Crippen molar-refractivity contribution in [1.29, 1.82) is 0 Å². The summed E-state index contributed by atoms with van der Waals surface area (Å²) in [5.41, 5.74) is 0. The molecule has 0 aromatic heterocycles. The van der Waals surface area contributed by atoms with Crippen molar-refractivity contribution in [2.24, 2.45) is 0 Å². The zero-order valence-corrected chi connectivity index (χ0v) is 51.5. The number of carbonyl (C=O) groups excluding carboxylic acids is 3. The number of rotatable bonds is 62. The van der Waals surface area contributed by atoms with E-state index in [-0.39, 0.29) is 31.1 Å². The van der Waals surface area contributed by atoms with Crippen molar-refractivity contribution in [2.75, 3.05) is 13.2 Å². The third kappa shape index (κ3) is 63.8. The Labute approximate surface area is 479 Å². The van der Waals surface area contributed by atoms with Crippen molar-refractivity contribution < 1.29 is 28.6 Å². The van der Waals surface area contributed by atoms with Crippen LogP contribution in [0.25, 0.3) is 0 Å². The van der Waals surface area contributed by atoms with Crippen LogP contribution in [0.5, 0.6) is 0 Å². The Morgan fingerprint density at radius 1 is 0.273 bits per heavy atom. The van der Waals surface area contributed by atoms with Crippen LogP contribution in [0.2, 0.25) is 0 Å². The summed E-state index contributed by atoms with van der Waals surface area (Å²) in [6, 6.07) is 0. The summed E-state index contributed by atoms with van der Waals surface area (Å²) in [5, 5.41) is 0. The summed E-state index contributed by atoms with van der Waals surface area (Å²) in [5.74, 6) is -0.848. The Balaban J connectivity index is 4.03. The minimum Gasteiger partial charge on any atom is -0.462 e. The molecule has 0 saturated carbocycles. The molecule has 0 bridgehead atoms. The van der Waals surface area contributed by atoms with Crippen LogP contribution in [-0.2, 0) is 28.6 Å². The molecule has 0 aromatic carbocycles. The van der Waals surface area contributed by atoms with Crippen molar-refractivity contribution in [1.82, 2.24) is 0 Å². The van der Waals surface area contributed by atoms with E-state index in [1.807, 2.05) is 0 Å². The molecule has 6 heteroatoms. The zero-order chi connectivity index (χ0) is 55.7. The van der Waals surface area contributed by atoms with E-state index in [1.54, 1.807) is 0 Å². The summed E-state index contributed by atoms with van der Waals surface area (Å²) in [6.07, 6.45) is 84.1. The third-order valence-corrected chi connectivity index (χ3v) is 15.0. The Morgan fingerprint density at radius 3 is 0.792 bits per heavy atom. The lowest BCUT2D eigenvalue weighted by atomic mass is 10.0. The fourth-order valence-electron chi connectivity index (χ4n) is 10.0. The largest absolute Gasteiger partial charge is 0.462 e. The average Bonchev–Trinajstić information content (AvgIpc) is 3.43. The summed E-state index contributed by atoms with van der Waals surface area (Å²) in [6.45, 7) is 6.55. The summed E-state index contributed by atoms with van der Waals surface area (Å²) < 4.78 is 16.9. The van der Waals surface area contributed by atoms with Gasteiger partial charge in [0.15, 0.2) is 6.10 Å². The van der Waals surface area contributed by atoms with Gasteiger partial charge in [-0.25, -0.2) is 0 Å². The average molecular weight is 1080 g/mol. The van der Waals surface area contributed by atoms with Crippen LogP contribution >= 0.6 is 0 Å². The maximum atomic E-state index is 12.9. The molecule has 0 radical (unpaired) electrons. The summed E-state index contributed by atoms with van der Waals surface area (Å²) >= 11 is 0. The number of esters is 3. The van der Waals surface area contributed by atoms with Crippen molar-refractivity contribution in [2.45, 2.75) is 361 Å². The van der Waals surface area contributed by atoms with Gasteiger partial charge in [-0.1, -0.05) is 332 Å². The Kier molecular flexibility index (Phi) is 63.2. The molecule has 0 spiro atoms. The number of hydrogen-bond donors (Lipinski definition) is 0. The molecule has 1 atom stereocenters. The first-order valence-electron chi connectivity index (χ1n) is 33.8. The van der Waals surface area contributed by atoms with Crippen molar-refractivity contribution in [3.63, 3.8) is 0 Å². The van der Waals surface area contributed by atoms with Gasteiger partial charge in [0.1, 0.15) is 13.2 Å². The smallest absolute Gasteiger partial charge is 0.306 e. The number of unbranched alkanes of at least 4 members (excludes halogenated alkanes) is 41. The number of carbonyl (C=O) groups is 3. The molecule has 0 heterocycles. The zero-order valence-electron chi connectivity index (χ0n) is 51.5. The quantitative estimate of drug-likeness (QED) is 0.0261. The molecule has 77 heavy (non-hydrogen) atoms. The van der Waals surface area contributed by atoms with Gasteiger partial charge in [0.25, 0.3) is 0 Å². The van der Waals surface area contributed by atoms with E-state index in [2.05, 4.69) is 81.5 Å². The van der Waals surface area contributed by atoms with Crippen LogP contribution in [0.3, 0.4) is 0 Å². The first-order chi connectivity index (χ1) is 38.0. The molecule has 448 valence electrons. The standard InChI is InChI=1S/C71H128O6/c1-4-7-10-13-16-19-21-23-25-27-29-30-31-32-33-34-35-36-37-38-39-40-41-42-43-45-46-48-50-52-55-58-61-64-70(73)76-67-68(66-75-69(72)63-60-57-54-18-15-12-9-6-3)77-71(74)65-62-59-56-53-51-49-47-44-28-26-24-22-20-17-14-11-8-5-2/h7,10,16,19,23,25,29-30,32-33,68H,4-6,8-9,11-15,17-18,20-22,24,26-28,31,34-67H2,1-3H3/b10-7-,19-16-,25-23-,30-29-,33-32-. The lowest BCUT2D eigenvalue weighted by Gasteiger charge is -2.18. The van der Waals surface area contributed by atoms with Crippen LogP contribution in [0, 0.1) is 0 Å². The molecule has 0 aliphatic rings. The van der Waals surface area contributed by atoms with Crippen LogP contribution in [-0.4, -0.2) is 37.2 Å². The van der Waals surface area contributed by atoms with E-state index in [1.165, 1.54) is 225 Å². The topological polar surface area (TPSA) is 78.9 Å². The highest BCUT2D eigenvalue weighted by Crippen LogP contribution is 2.18. The minimum absolute atomic E-state index is 0.0672. The predicted octanol–water partition coefficient (Wildman–Crippen LogP) is 23.1. The fraction of sp³-hybridized carbons (Fsp3) is 0.817. The molecule has 0 aromatic rings. The Morgan fingerprint density at radius 2 is 0.506 bits per heavy atom.